The molecule has 1 atom stereocenters. The van der Waals surface area contributed by atoms with Gasteiger partial charge in [-0.05, 0) is 18.1 Å². The van der Waals surface area contributed by atoms with Crippen LogP contribution in [0.2, 0.25) is 0 Å². The van der Waals surface area contributed by atoms with Gasteiger partial charge >= 0.3 is 0 Å². The first-order valence-corrected chi connectivity index (χ1v) is 8.47. The van der Waals surface area contributed by atoms with Crippen LogP contribution in [-0.4, -0.2) is 20.7 Å². The van der Waals surface area contributed by atoms with E-state index in [1.165, 1.54) is 11.3 Å². The fourth-order valence-corrected chi connectivity index (χ4v) is 3.37. The van der Waals surface area contributed by atoms with Gasteiger partial charge in [-0.2, -0.15) is 10.4 Å². The normalized spacial score (nSPS) is 12.2. The maximum Gasteiger partial charge on any atom is 0.248 e. The summed E-state index contributed by atoms with van der Waals surface area (Å²) in [5, 5.41) is 16.9. The van der Waals surface area contributed by atoms with E-state index in [0.717, 1.165) is 16.8 Å². The molecule has 2 aromatic heterocycles. The summed E-state index contributed by atoms with van der Waals surface area (Å²) in [4.78, 5) is 16.9. The molecule has 0 aliphatic rings. The van der Waals surface area contributed by atoms with Gasteiger partial charge in [-0.15, -0.1) is 11.3 Å². The Balaban J connectivity index is 1.77. The number of para-hydroxylation sites is 1. The first kappa shape index (κ1) is 16.1. The lowest BCUT2D eigenvalue weighted by Gasteiger charge is -2.06. The summed E-state index contributed by atoms with van der Waals surface area (Å²) >= 11 is 1.37. The maximum atomic E-state index is 12.4. The number of thiazole rings is 1. The summed E-state index contributed by atoms with van der Waals surface area (Å²) in [7, 11) is 0. The third-order valence-corrected chi connectivity index (χ3v) is 4.50. The summed E-state index contributed by atoms with van der Waals surface area (Å²) < 4.78 is 2.74. The number of amides is 1. The number of carbonyl (C=O) groups excluding carboxylic acids is 1. The fourth-order valence-electron chi connectivity index (χ4n) is 2.36. The van der Waals surface area contributed by atoms with E-state index in [-0.39, 0.29) is 5.91 Å². The van der Waals surface area contributed by atoms with Crippen LogP contribution >= 0.6 is 11.3 Å². The first-order valence-electron chi connectivity index (χ1n) is 7.65. The van der Waals surface area contributed by atoms with Gasteiger partial charge in [-0.25, -0.2) is 4.98 Å². The van der Waals surface area contributed by atoms with Gasteiger partial charge in [0.15, 0.2) is 5.92 Å². The highest BCUT2D eigenvalue weighted by Gasteiger charge is 2.24. The molecule has 6 nitrogen and oxygen atoms in total. The molecule has 0 unspecified atom stereocenters. The van der Waals surface area contributed by atoms with Gasteiger partial charge in [0, 0.05) is 12.7 Å². The van der Waals surface area contributed by atoms with Gasteiger partial charge in [0.1, 0.15) is 5.01 Å². The zero-order chi connectivity index (χ0) is 17.1. The predicted octanol–water partition coefficient (Wildman–Crippen LogP) is 3.39. The summed E-state index contributed by atoms with van der Waals surface area (Å²) in [5.74, 6) is -0.862. The second-order valence-electron chi connectivity index (χ2n) is 5.92. The predicted molar refractivity (Wildman–Crippen MR) is 93.7 cm³/mol. The first-order chi connectivity index (χ1) is 11.6. The van der Waals surface area contributed by atoms with Gasteiger partial charge in [0.25, 0.3) is 0 Å². The average molecular weight is 339 g/mol. The molecule has 122 valence electrons. The Hall–Kier alpha value is -2.72. The topological polar surface area (TPSA) is 83.6 Å². The number of aromatic nitrogens is 3. The van der Waals surface area contributed by atoms with Crippen LogP contribution in [0.25, 0.3) is 10.2 Å². The van der Waals surface area contributed by atoms with E-state index >= 15 is 0 Å². The molecule has 1 amide bonds. The Labute approximate surface area is 143 Å². The van der Waals surface area contributed by atoms with Crippen molar-refractivity contribution in [2.45, 2.75) is 26.3 Å². The molecule has 0 aliphatic carbocycles. The van der Waals surface area contributed by atoms with E-state index in [1.54, 1.807) is 17.1 Å². The van der Waals surface area contributed by atoms with Crippen molar-refractivity contribution in [2.75, 3.05) is 5.32 Å². The number of nitrogens with zero attached hydrogens (tertiary/aromatic N) is 4. The minimum atomic E-state index is -0.934. The van der Waals surface area contributed by atoms with Crippen molar-refractivity contribution in [1.29, 1.82) is 5.26 Å². The molecule has 1 aromatic carbocycles. The fraction of sp³-hybridized carbons (Fsp3) is 0.294. The van der Waals surface area contributed by atoms with Crippen molar-refractivity contribution >= 4 is 33.1 Å². The quantitative estimate of drug-likeness (QED) is 0.772. The lowest BCUT2D eigenvalue weighted by Crippen LogP contribution is -2.19. The van der Waals surface area contributed by atoms with Gasteiger partial charge in [-0.3, -0.25) is 9.48 Å². The Morgan fingerprint density at radius 1 is 1.42 bits per heavy atom. The van der Waals surface area contributed by atoms with Crippen molar-refractivity contribution in [1.82, 2.24) is 14.8 Å². The summed E-state index contributed by atoms with van der Waals surface area (Å²) in [6.07, 6.45) is 3.36. The molecule has 0 bridgehead atoms. The smallest absolute Gasteiger partial charge is 0.248 e. The van der Waals surface area contributed by atoms with Crippen molar-refractivity contribution in [3.63, 3.8) is 0 Å². The minimum absolute atomic E-state index is 0.388. The Bertz CT molecular complexity index is 872. The third-order valence-electron chi connectivity index (χ3n) is 3.40. The average Bonchev–Trinajstić information content (AvgIpc) is 3.14. The zero-order valence-electron chi connectivity index (χ0n) is 13.4. The van der Waals surface area contributed by atoms with E-state index in [1.807, 2.05) is 30.3 Å². The molecule has 0 spiro atoms. The van der Waals surface area contributed by atoms with Crippen LogP contribution in [0.1, 0.15) is 24.8 Å². The molecule has 3 rings (SSSR count). The molecule has 1 N–H and O–H groups in total. The molecule has 0 aliphatic heterocycles. The van der Waals surface area contributed by atoms with E-state index in [2.05, 4.69) is 29.2 Å². The van der Waals surface area contributed by atoms with Crippen LogP contribution in [0, 0.1) is 17.2 Å². The molecule has 0 fully saturated rings. The number of hydrogen-bond acceptors (Lipinski definition) is 5. The highest BCUT2D eigenvalue weighted by atomic mass is 32.1. The molecular formula is C17H17N5OS. The molecule has 7 heteroatoms. The van der Waals surface area contributed by atoms with E-state index in [9.17, 15) is 10.1 Å². The number of nitrogens with one attached hydrogen (secondary N) is 1. The lowest BCUT2D eigenvalue weighted by molar-refractivity contribution is -0.116. The second kappa shape index (κ2) is 6.81. The van der Waals surface area contributed by atoms with Gasteiger partial charge in [0.05, 0.1) is 28.2 Å². The van der Waals surface area contributed by atoms with Crippen LogP contribution in [0.5, 0.6) is 0 Å². The standard InChI is InChI=1S/C17H17N5OS/c1-11(2)9-22-10-12(8-19-22)20-16(23)13(7-18)17-21-14-5-3-4-6-15(14)24-17/h3-6,8,10-11,13H,9H2,1-2H3,(H,20,23)/t13-/m1/s1. The molecule has 2 heterocycles. The SMILES string of the molecule is CC(C)Cn1cc(NC(=O)[C@@H](C#N)c2nc3ccccc3s2)cn1. The van der Waals surface area contributed by atoms with Crippen LogP contribution < -0.4 is 5.32 Å². The maximum absolute atomic E-state index is 12.4. The molecular weight excluding hydrogens is 322 g/mol. The van der Waals surface area contributed by atoms with E-state index < -0.39 is 5.92 Å². The van der Waals surface area contributed by atoms with Gasteiger partial charge in [-0.1, -0.05) is 26.0 Å². The highest BCUT2D eigenvalue weighted by molar-refractivity contribution is 7.18. The van der Waals surface area contributed by atoms with Crippen LogP contribution in [0.4, 0.5) is 5.69 Å². The van der Waals surface area contributed by atoms with Crippen molar-refractivity contribution < 1.29 is 4.79 Å². The van der Waals surface area contributed by atoms with Crippen LogP contribution in [0.15, 0.2) is 36.7 Å². The summed E-state index contributed by atoms with van der Waals surface area (Å²) in [5.41, 5.74) is 1.39. The number of carbonyl (C=O) groups is 1. The Morgan fingerprint density at radius 3 is 2.92 bits per heavy atom. The van der Waals surface area contributed by atoms with Gasteiger partial charge < -0.3 is 5.32 Å². The molecule has 0 saturated carbocycles. The number of rotatable bonds is 5. The van der Waals surface area contributed by atoms with Crippen LogP contribution in [-0.2, 0) is 11.3 Å². The highest BCUT2D eigenvalue weighted by Crippen LogP contribution is 2.28. The molecule has 0 radical (unpaired) electrons. The number of nitriles is 1. The van der Waals surface area contributed by atoms with Crippen molar-refractivity contribution in [3.05, 3.63) is 41.7 Å². The third kappa shape index (κ3) is 3.44. The molecule has 0 saturated heterocycles. The van der Waals surface area contributed by atoms with Gasteiger partial charge in [0.2, 0.25) is 5.91 Å². The monoisotopic (exact) mass is 339 g/mol. The summed E-state index contributed by atoms with van der Waals surface area (Å²) in [6, 6.07) is 9.65. The number of hydrogen-bond donors (Lipinski definition) is 1. The second-order valence-corrected chi connectivity index (χ2v) is 6.98. The van der Waals surface area contributed by atoms with Crippen molar-refractivity contribution in [2.24, 2.45) is 5.92 Å². The largest absolute Gasteiger partial charge is 0.322 e. The molecule has 24 heavy (non-hydrogen) atoms. The minimum Gasteiger partial charge on any atom is -0.322 e. The van der Waals surface area contributed by atoms with E-state index in [4.69, 9.17) is 0 Å². The number of fused-ring (bicyclic) bond motifs is 1. The number of benzene rings is 1. The van der Waals surface area contributed by atoms with Crippen LogP contribution in [0.3, 0.4) is 0 Å². The van der Waals surface area contributed by atoms with E-state index in [0.29, 0.717) is 16.6 Å². The Morgan fingerprint density at radius 2 is 2.21 bits per heavy atom. The number of anilines is 1. The Kier molecular flexibility index (Phi) is 4.58. The molecule has 3 aromatic rings. The summed E-state index contributed by atoms with van der Waals surface area (Å²) in [6.45, 7) is 4.97. The lowest BCUT2D eigenvalue weighted by atomic mass is 10.1. The zero-order valence-corrected chi connectivity index (χ0v) is 14.2. The van der Waals surface area contributed by atoms with Crippen molar-refractivity contribution in [3.8, 4) is 6.07 Å².